The Hall–Kier alpha value is 0.0700. The molecule has 4 heteroatoms. The summed E-state index contributed by atoms with van der Waals surface area (Å²) in [6, 6.07) is 0.527. The van der Waals surface area contributed by atoms with E-state index in [4.69, 9.17) is 4.74 Å². The zero-order chi connectivity index (χ0) is 12.5. The molecule has 2 aliphatic heterocycles. The zero-order valence-electron chi connectivity index (χ0n) is 11.3. The molecular weight excluding hydrogens is 234 g/mol. The Morgan fingerprint density at radius 3 is 2.88 bits per heavy atom. The van der Waals surface area contributed by atoms with Crippen molar-refractivity contribution in [1.29, 1.82) is 0 Å². The minimum Gasteiger partial charge on any atom is -0.377 e. The molecule has 0 saturated carbocycles. The van der Waals surface area contributed by atoms with Gasteiger partial charge in [0.2, 0.25) is 0 Å². The molecule has 0 aliphatic carbocycles. The van der Waals surface area contributed by atoms with Crippen LogP contribution in [-0.4, -0.2) is 52.0 Å². The largest absolute Gasteiger partial charge is 0.377 e. The first-order valence-electron chi connectivity index (χ1n) is 6.72. The van der Waals surface area contributed by atoms with Crippen molar-refractivity contribution in [3.63, 3.8) is 0 Å². The van der Waals surface area contributed by atoms with Gasteiger partial charge in [0.05, 0.1) is 12.7 Å². The average molecular weight is 259 g/mol. The van der Waals surface area contributed by atoms with Gasteiger partial charge in [0.25, 0.3) is 0 Å². The Kier molecular flexibility index (Phi) is 4.26. The lowest BCUT2D eigenvalue weighted by Crippen LogP contribution is -2.47. The lowest BCUT2D eigenvalue weighted by Gasteiger charge is -2.35. The van der Waals surface area contributed by atoms with Crippen LogP contribution >= 0.6 is 0 Å². The standard InChI is InChI=1S/C13H25NO2S/c1-11(2)16-10-13-6-4-8-14(13)12(5-7-13)9-17(3)15/h11-12H,4-10H2,1-3H3/t12-,13?,17?/m0/s1. The molecule has 3 atom stereocenters. The quantitative estimate of drug-likeness (QED) is 0.754. The van der Waals surface area contributed by atoms with E-state index in [1.807, 2.05) is 6.26 Å². The molecule has 2 unspecified atom stereocenters. The molecule has 0 bridgehead atoms. The third kappa shape index (κ3) is 2.91. The van der Waals surface area contributed by atoms with E-state index in [9.17, 15) is 4.21 Å². The molecule has 2 aliphatic rings. The van der Waals surface area contributed by atoms with Gasteiger partial charge in [-0.3, -0.25) is 9.11 Å². The van der Waals surface area contributed by atoms with Gasteiger partial charge in [0, 0.05) is 34.4 Å². The van der Waals surface area contributed by atoms with Crippen LogP contribution < -0.4 is 0 Å². The number of rotatable bonds is 5. The molecule has 2 fully saturated rings. The predicted molar refractivity (Wildman–Crippen MR) is 71.7 cm³/mol. The lowest BCUT2D eigenvalue weighted by molar-refractivity contribution is -0.00323. The number of hydrogen-bond donors (Lipinski definition) is 0. The van der Waals surface area contributed by atoms with Crippen molar-refractivity contribution in [3.8, 4) is 0 Å². The third-order valence-corrected chi connectivity index (χ3v) is 5.00. The Morgan fingerprint density at radius 2 is 2.24 bits per heavy atom. The Labute approximate surface area is 107 Å². The maximum atomic E-state index is 11.4. The SMILES string of the molecule is CC(C)OCC12CCCN1[C@H](CS(C)=O)CC2. The van der Waals surface area contributed by atoms with E-state index in [-0.39, 0.29) is 5.54 Å². The first-order valence-corrected chi connectivity index (χ1v) is 8.45. The molecule has 0 aromatic rings. The highest BCUT2D eigenvalue weighted by Gasteiger charge is 2.49. The summed E-state index contributed by atoms with van der Waals surface area (Å²) < 4.78 is 17.3. The molecule has 17 heavy (non-hydrogen) atoms. The average Bonchev–Trinajstić information content (AvgIpc) is 2.76. The van der Waals surface area contributed by atoms with Gasteiger partial charge in [0.15, 0.2) is 0 Å². The molecular formula is C13H25NO2S. The van der Waals surface area contributed by atoms with E-state index in [1.54, 1.807) is 0 Å². The van der Waals surface area contributed by atoms with Gasteiger partial charge in [-0.25, -0.2) is 0 Å². The van der Waals surface area contributed by atoms with E-state index < -0.39 is 10.8 Å². The van der Waals surface area contributed by atoms with Crippen LogP contribution in [0.4, 0.5) is 0 Å². The summed E-state index contributed by atoms with van der Waals surface area (Å²) in [4.78, 5) is 2.59. The second kappa shape index (κ2) is 5.37. The molecule has 2 saturated heterocycles. The Bertz CT molecular complexity index is 295. The Balaban J connectivity index is 2.00. The molecule has 0 amide bonds. The molecule has 0 aromatic heterocycles. The van der Waals surface area contributed by atoms with Crippen LogP contribution in [0.15, 0.2) is 0 Å². The maximum absolute atomic E-state index is 11.4. The van der Waals surface area contributed by atoms with Gasteiger partial charge in [-0.05, 0) is 46.1 Å². The second-order valence-electron chi connectivity index (χ2n) is 5.81. The van der Waals surface area contributed by atoms with Crippen molar-refractivity contribution in [3.05, 3.63) is 0 Å². The van der Waals surface area contributed by atoms with Crippen LogP contribution in [0.5, 0.6) is 0 Å². The van der Waals surface area contributed by atoms with Crippen LogP contribution in [0, 0.1) is 0 Å². The van der Waals surface area contributed by atoms with Crippen molar-refractivity contribution in [2.45, 2.75) is 57.2 Å². The number of ether oxygens (including phenoxy) is 1. The first kappa shape index (κ1) is 13.5. The van der Waals surface area contributed by atoms with Gasteiger partial charge in [-0.15, -0.1) is 0 Å². The molecule has 2 heterocycles. The number of nitrogens with zero attached hydrogens (tertiary/aromatic N) is 1. The van der Waals surface area contributed by atoms with Crippen molar-refractivity contribution in [2.75, 3.05) is 25.2 Å². The third-order valence-electron chi connectivity index (χ3n) is 4.15. The molecule has 2 rings (SSSR count). The fourth-order valence-corrected chi connectivity index (χ4v) is 4.27. The van der Waals surface area contributed by atoms with Crippen molar-refractivity contribution >= 4 is 10.8 Å². The highest BCUT2D eigenvalue weighted by atomic mass is 32.2. The highest BCUT2D eigenvalue weighted by Crippen LogP contribution is 2.42. The predicted octanol–water partition coefficient (Wildman–Crippen LogP) is 1.79. The molecule has 3 nitrogen and oxygen atoms in total. The van der Waals surface area contributed by atoms with Crippen LogP contribution in [0.25, 0.3) is 0 Å². The summed E-state index contributed by atoms with van der Waals surface area (Å²) in [6.07, 6.45) is 7.08. The first-order chi connectivity index (χ1) is 8.03. The maximum Gasteiger partial charge on any atom is 0.0654 e. The summed E-state index contributed by atoms with van der Waals surface area (Å²) in [6.45, 7) is 6.23. The van der Waals surface area contributed by atoms with Gasteiger partial charge in [-0.1, -0.05) is 0 Å². The smallest absolute Gasteiger partial charge is 0.0654 e. The molecule has 0 spiro atoms. The minimum atomic E-state index is -0.678. The number of fused-ring (bicyclic) bond motifs is 1. The second-order valence-corrected chi connectivity index (χ2v) is 7.29. The van der Waals surface area contributed by atoms with Crippen LogP contribution in [0.1, 0.15) is 39.5 Å². The summed E-state index contributed by atoms with van der Waals surface area (Å²) >= 11 is 0. The summed E-state index contributed by atoms with van der Waals surface area (Å²) in [7, 11) is -0.678. The van der Waals surface area contributed by atoms with Gasteiger partial charge < -0.3 is 4.74 Å². The lowest BCUT2D eigenvalue weighted by atomic mass is 9.95. The molecule has 100 valence electrons. The van der Waals surface area contributed by atoms with E-state index >= 15 is 0 Å². The highest BCUT2D eigenvalue weighted by molar-refractivity contribution is 7.84. The summed E-state index contributed by atoms with van der Waals surface area (Å²) in [5, 5.41) is 0. The van der Waals surface area contributed by atoms with Crippen LogP contribution in [0.2, 0.25) is 0 Å². The fourth-order valence-electron chi connectivity index (χ4n) is 3.38. The molecule has 0 radical (unpaired) electrons. The van der Waals surface area contributed by atoms with Gasteiger partial charge in [-0.2, -0.15) is 0 Å². The van der Waals surface area contributed by atoms with Crippen molar-refractivity contribution < 1.29 is 8.95 Å². The summed E-state index contributed by atoms with van der Waals surface area (Å²) in [5.41, 5.74) is 0.272. The normalized spacial score (nSPS) is 35.4. The van der Waals surface area contributed by atoms with E-state index in [1.165, 1.54) is 32.2 Å². The van der Waals surface area contributed by atoms with E-state index in [0.717, 1.165) is 12.4 Å². The topological polar surface area (TPSA) is 29.5 Å². The van der Waals surface area contributed by atoms with Crippen LogP contribution in [0.3, 0.4) is 0 Å². The minimum absolute atomic E-state index is 0.272. The van der Waals surface area contributed by atoms with Crippen LogP contribution in [-0.2, 0) is 15.5 Å². The Morgan fingerprint density at radius 1 is 1.47 bits per heavy atom. The van der Waals surface area contributed by atoms with E-state index in [2.05, 4.69) is 18.7 Å². The number of hydrogen-bond acceptors (Lipinski definition) is 3. The zero-order valence-corrected chi connectivity index (χ0v) is 12.1. The summed E-state index contributed by atoms with van der Waals surface area (Å²) in [5.74, 6) is 0.837. The van der Waals surface area contributed by atoms with Gasteiger partial charge >= 0.3 is 0 Å². The molecule has 0 N–H and O–H groups in total. The fraction of sp³-hybridized carbons (Fsp3) is 1.00. The monoisotopic (exact) mass is 259 g/mol. The van der Waals surface area contributed by atoms with Crippen molar-refractivity contribution in [1.82, 2.24) is 4.90 Å². The van der Waals surface area contributed by atoms with Crippen molar-refractivity contribution in [2.24, 2.45) is 0 Å². The molecule has 0 aromatic carbocycles. The van der Waals surface area contributed by atoms with Gasteiger partial charge in [0.1, 0.15) is 0 Å². The van der Waals surface area contributed by atoms with E-state index in [0.29, 0.717) is 12.1 Å².